The first kappa shape index (κ1) is 42.5. The van der Waals surface area contributed by atoms with Gasteiger partial charge in [0.05, 0.1) is 31.6 Å². The van der Waals surface area contributed by atoms with E-state index >= 15 is 0 Å². The molecule has 56 heavy (non-hydrogen) atoms. The number of allylic oxidation sites excluding steroid dienone is 1. The van der Waals surface area contributed by atoms with Crippen molar-refractivity contribution >= 4 is 66.1 Å². The van der Waals surface area contributed by atoms with Gasteiger partial charge in [0.15, 0.2) is 23.2 Å². The zero-order valence-electron chi connectivity index (χ0n) is 28.5. The van der Waals surface area contributed by atoms with Gasteiger partial charge in [0.25, 0.3) is 5.56 Å². The fraction of sp³-hybridized carbons (Fsp3) is 0.542. The van der Waals surface area contributed by atoms with Gasteiger partial charge < -0.3 is 55.6 Å². The summed E-state index contributed by atoms with van der Waals surface area (Å²) in [6, 6.07) is 0. The monoisotopic (exact) mass is 877 g/mol. The zero-order valence-corrected chi connectivity index (χ0v) is 32.0. The van der Waals surface area contributed by atoms with Crippen molar-refractivity contribution in [3.8, 4) is 0 Å². The first-order valence-electron chi connectivity index (χ1n) is 16.0. The van der Waals surface area contributed by atoms with Crippen molar-refractivity contribution in [1.82, 2.24) is 29.1 Å². The maximum Gasteiger partial charge on any atom is 0.490 e. The molecule has 10 atom stereocenters. The van der Waals surface area contributed by atoms with Crippen LogP contribution >= 0.6 is 31.3 Å². The van der Waals surface area contributed by atoms with E-state index in [2.05, 4.69) is 33.5 Å². The van der Waals surface area contributed by atoms with E-state index < -0.39 is 93.0 Å². The van der Waals surface area contributed by atoms with Crippen molar-refractivity contribution < 1.29 is 84.6 Å². The van der Waals surface area contributed by atoms with E-state index in [1.54, 1.807) is 6.21 Å². The summed E-state index contributed by atoms with van der Waals surface area (Å²) in [5.41, 5.74) is 12.4. The number of aliphatic hydroxyl groups excluding tert-OH is 2. The van der Waals surface area contributed by atoms with Gasteiger partial charge in [0.2, 0.25) is 5.95 Å². The van der Waals surface area contributed by atoms with Gasteiger partial charge >= 0.3 is 31.3 Å². The summed E-state index contributed by atoms with van der Waals surface area (Å²) >= 11 is 0. The van der Waals surface area contributed by atoms with Gasteiger partial charge in [-0.25, -0.2) is 33.2 Å². The Bertz CT molecular complexity index is 2290. The number of nitrogens with zero attached hydrogens (tertiary/aromatic N) is 6. The maximum atomic E-state index is 13.3. The third-order valence-corrected chi connectivity index (χ3v) is 13.2. The standard InChI is InChI=1S/C24H35N9O19P4/c1-2-10-3-4-27-20-16(15(10)25)28-8-32(20)14-5-11(12(48-14)6-47-55(42,43)52-56(44,45)51-53(37,38)39)50-54(40,41)46-7-13-18(34)19(35)23(49-13)33-9-29-17-21(33)30-24(26)31-22(17)36/h4,8-9,11-14,18-19,23,34-35H,2-3,5-7,25H2,1H3,(H,40,41)(H,42,43)(H,44,45)(H2,37,38,39)(H3,26,30,31,36)/t11-,12+,13+,14+,18+,19+,23+/m0/s1. The second-order valence-corrected chi connectivity index (χ2v) is 18.0. The number of aromatic amines is 1. The predicted molar refractivity (Wildman–Crippen MR) is 184 cm³/mol. The molecular weight excluding hydrogens is 842 g/mol. The summed E-state index contributed by atoms with van der Waals surface area (Å²) in [6.07, 6.45) is -6.07. The third kappa shape index (κ3) is 9.45. The first-order valence-corrected chi connectivity index (χ1v) is 22.0. The lowest BCUT2D eigenvalue weighted by molar-refractivity contribution is -0.0582. The molecule has 28 nitrogen and oxygen atoms in total. The van der Waals surface area contributed by atoms with E-state index in [4.69, 9.17) is 44.3 Å². The number of nitrogens with one attached hydrogen (secondary N) is 1. The highest BCUT2D eigenvalue weighted by atomic mass is 31.3. The van der Waals surface area contributed by atoms with E-state index in [1.165, 1.54) is 10.9 Å². The molecular formula is C24H35N9O19P4. The van der Waals surface area contributed by atoms with Crippen LogP contribution < -0.4 is 17.0 Å². The molecule has 0 radical (unpaired) electrons. The van der Waals surface area contributed by atoms with Gasteiger partial charge in [0.1, 0.15) is 42.4 Å². The van der Waals surface area contributed by atoms with Gasteiger partial charge in [-0.3, -0.25) is 32.5 Å². The molecule has 0 spiro atoms. The number of phosphoric ester groups is 2. The Morgan fingerprint density at radius 2 is 1.59 bits per heavy atom. The SMILES string of the molecule is CCC1=C(N)c2ncn([C@H]3C[C@H](OP(=O)(O)OC[C@H]4O[C@@H](n5cnc6c(=O)[nH]c(N)nc65)[C@H](O)[C@@H]4O)[C@@H](COP(=O)(O)OP(=O)(O)OP(=O)(O)O)O3)c2N=CC1. The number of rotatable bonds is 15. The minimum absolute atomic E-state index is 0.108. The lowest BCUT2D eigenvalue weighted by Gasteiger charge is -2.23. The molecule has 6 heterocycles. The van der Waals surface area contributed by atoms with Crippen molar-refractivity contribution in [1.29, 1.82) is 0 Å². The number of imidazole rings is 2. The third-order valence-electron chi connectivity index (χ3n) is 8.42. The number of aliphatic hydroxyl groups is 2. The number of hydrogen-bond acceptors (Lipinski definition) is 20. The number of fused-ring (bicyclic) bond motifs is 2. The smallest absolute Gasteiger partial charge is 0.397 e. The quantitative estimate of drug-likeness (QED) is 0.0863. The fourth-order valence-electron chi connectivity index (χ4n) is 5.94. The van der Waals surface area contributed by atoms with Crippen molar-refractivity contribution in [2.75, 3.05) is 18.9 Å². The summed E-state index contributed by atoms with van der Waals surface area (Å²) in [7, 11) is -22.5. The summed E-state index contributed by atoms with van der Waals surface area (Å²) in [5, 5.41) is 21.4. The van der Waals surface area contributed by atoms with Crippen LogP contribution in [0.2, 0.25) is 0 Å². The van der Waals surface area contributed by atoms with Crippen LogP contribution in [0.4, 0.5) is 11.8 Å². The molecule has 0 amide bonds. The Morgan fingerprint density at radius 3 is 2.29 bits per heavy atom. The van der Waals surface area contributed by atoms with Crippen LogP contribution in [0.5, 0.6) is 0 Å². The van der Waals surface area contributed by atoms with Crippen molar-refractivity contribution in [3.05, 3.63) is 34.3 Å². The number of phosphoric acid groups is 4. The van der Waals surface area contributed by atoms with E-state index in [0.717, 1.165) is 16.5 Å². The number of nitrogen functional groups attached to an aromatic ring is 1. The van der Waals surface area contributed by atoms with E-state index in [-0.39, 0.29) is 35.0 Å². The van der Waals surface area contributed by atoms with Gasteiger partial charge in [-0.05, 0) is 12.0 Å². The summed E-state index contributed by atoms with van der Waals surface area (Å²) < 4.78 is 85.3. The Hall–Kier alpha value is -3.07. The topological polar surface area (TPSA) is 420 Å². The van der Waals surface area contributed by atoms with Crippen LogP contribution in [0.3, 0.4) is 0 Å². The Labute approximate surface area is 312 Å². The lowest BCUT2D eigenvalue weighted by atomic mass is 10.1. The number of aromatic nitrogens is 6. The fourth-order valence-corrected chi connectivity index (χ4v) is 9.93. The van der Waals surface area contributed by atoms with Crippen LogP contribution in [0, 0.1) is 0 Å². The highest BCUT2D eigenvalue weighted by Gasteiger charge is 2.48. The van der Waals surface area contributed by atoms with Crippen molar-refractivity contribution in [3.63, 3.8) is 0 Å². The van der Waals surface area contributed by atoms with Crippen LogP contribution in [0.1, 0.15) is 44.3 Å². The van der Waals surface area contributed by atoms with E-state index in [0.29, 0.717) is 18.5 Å². The normalized spacial score (nSPS) is 28.9. The van der Waals surface area contributed by atoms with Crippen LogP contribution in [0.25, 0.3) is 16.9 Å². The minimum Gasteiger partial charge on any atom is -0.397 e. The lowest BCUT2D eigenvalue weighted by Crippen LogP contribution is -2.34. The number of nitrogens with two attached hydrogens (primary N) is 2. The van der Waals surface area contributed by atoms with E-state index in [9.17, 15) is 47.9 Å². The molecule has 0 bridgehead atoms. The molecule has 0 aromatic carbocycles. The second kappa shape index (κ2) is 15.9. The zero-order chi connectivity index (χ0) is 41.0. The number of anilines is 1. The van der Waals surface area contributed by atoms with Crippen molar-refractivity contribution in [2.24, 2.45) is 10.7 Å². The van der Waals surface area contributed by atoms with Gasteiger partial charge in [-0.1, -0.05) is 6.92 Å². The van der Waals surface area contributed by atoms with E-state index in [1.807, 2.05) is 6.92 Å². The number of hydrogen-bond donors (Lipinski definition) is 10. The average molecular weight is 877 g/mol. The summed E-state index contributed by atoms with van der Waals surface area (Å²) in [6.45, 7) is -0.0917. The molecule has 0 aliphatic carbocycles. The number of H-pyrrole nitrogens is 1. The van der Waals surface area contributed by atoms with Crippen molar-refractivity contribution in [2.45, 2.75) is 69.2 Å². The molecule has 3 aliphatic rings. The van der Waals surface area contributed by atoms with Crippen LogP contribution in [-0.2, 0) is 49.9 Å². The molecule has 2 saturated heterocycles. The van der Waals surface area contributed by atoms with Gasteiger partial charge in [0, 0.05) is 19.1 Å². The van der Waals surface area contributed by atoms with Gasteiger partial charge in [-0.2, -0.15) is 13.6 Å². The molecule has 12 N–H and O–H groups in total. The number of ether oxygens (including phenoxy) is 2. The minimum atomic E-state index is -5.90. The maximum absolute atomic E-state index is 13.3. The average Bonchev–Trinajstić information content (AvgIpc) is 3.83. The molecule has 2 fully saturated rings. The highest BCUT2D eigenvalue weighted by molar-refractivity contribution is 7.66. The largest absolute Gasteiger partial charge is 0.490 e. The predicted octanol–water partition coefficient (Wildman–Crippen LogP) is -0.463. The first-order chi connectivity index (χ1) is 26.1. The molecule has 3 unspecified atom stereocenters. The molecule has 6 rings (SSSR count). The Balaban J connectivity index is 1.18. The summed E-state index contributed by atoms with van der Waals surface area (Å²) in [4.78, 5) is 79.0. The second-order valence-electron chi connectivity index (χ2n) is 12.2. The molecule has 0 saturated carbocycles. The molecule has 3 aliphatic heterocycles. The Kier molecular flexibility index (Phi) is 12.1. The molecule has 3 aromatic heterocycles. The van der Waals surface area contributed by atoms with Crippen LogP contribution in [0.15, 0.2) is 28.0 Å². The molecule has 3 aromatic rings. The summed E-state index contributed by atoms with van der Waals surface area (Å²) in [5.74, 6) is -0.0722. The molecule has 310 valence electrons. The number of aliphatic imine (C=N–C) groups is 1. The molecule has 32 heteroatoms. The van der Waals surface area contributed by atoms with Crippen LogP contribution in [-0.4, -0.2) is 114 Å². The highest BCUT2D eigenvalue weighted by Crippen LogP contribution is 2.66. The Morgan fingerprint density at radius 1 is 0.911 bits per heavy atom. The van der Waals surface area contributed by atoms with Gasteiger partial charge in [-0.15, -0.1) is 0 Å².